The van der Waals surface area contributed by atoms with Crippen LogP contribution in [0, 0.1) is 0 Å². The van der Waals surface area contributed by atoms with Gasteiger partial charge >= 0.3 is 0 Å². The molecule has 1 aliphatic heterocycles. The highest BCUT2D eigenvalue weighted by Crippen LogP contribution is 2.23. The van der Waals surface area contributed by atoms with E-state index in [1.165, 1.54) is 16.6 Å². The number of methoxy groups -OCH3 is 1. The van der Waals surface area contributed by atoms with E-state index in [0.717, 1.165) is 0 Å². The van der Waals surface area contributed by atoms with Crippen LogP contribution in [-0.2, 0) is 14.8 Å². The molecule has 0 bridgehead atoms. The van der Waals surface area contributed by atoms with E-state index in [2.05, 4.69) is 4.98 Å². The van der Waals surface area contributed by atoms with Crippen molar-refractivity contribution < 1.29 is 13.2 Å². The van der Waals surface area contributed by atoms with Crippen LogP contribution >= 0.6 is 12.2 Å². The third-order valence-electron chi connectivity index (χ3n) is 3.36. The first kappa shape index (κ1) is 15.3. The van der Waals surface area contributed by atoms with E-state index in [1.807, 2.05) is 0 Å². The van der Waals surface area contributed by atoms with Crippen molar-refractivity contribution in [1.29, 1.82) is 0 Å². The second-order valence-electron chi connectivity index (χ2n) is 4.55. The minimum atomic E-state index is -3.62. The SMILES string of the molecule is COC1CCN(S(=O)(=O)c2cccnc2C(N)=S)CC1. The predicted molar refractivity (Wildman–Crippen MR) is 78.9 cm³/mol. The molecule has 110 valence electrons. The lowest BCUT2D eigenvalue weighted by molar-refractivity contribution is 0.0604. The molecule has 1 saturated heterocycles. The molecule has 1 fully saturated rings. The van der Waals surface area contributed by atoms with Crippen LogP contribution in [0.4, 0.5) is 0 Å². The Balaban J connectivity index is 2.30. The standard InChI is InChI=1S/C12H17N3O3S2/c1-18-9-4-7-15(8-5-9)20(16,17)10-3-2-6-14-11(10)12(13)19/h2-3,6,9H,4-5,7-8H2,1H3,(H2,13,19). The summed E-state index contributed by atoms with van der Waals surface area (Å²) in [4.78, 5) is 4.03. The maximum atomic E-state index is 12.6. The Hall–Kier alpha value is -1.09. The zero-order chi connectivity index (χ0) is 14.8. The van der Waals surface area contributed by atoms with Gasteiger partial charge in [0.25, 0.3) is 0 Å². The van der Waals surface area contributed by atoms with E-state index in [-0.39, 0.29) is 21.7 Å². The van der Waals surface area contributed by atoms with Crippen molar-refractivity contribution in [2.45, 2.75) is 23.8 Å². The molecular weight excluding hydrogens is 298 g/mol. The summed E-state index contributed by atoms with van der Waals surface area (Å²) in [5, 5.41) is 0. The van der Waals surface area contributed by atoms with Crippen molar-refractivity contribution in [3.05, 3.63) is 24.0 Å². The molecule has 0 unspecified atom stereocenters. The topological polar surface area (TPSA) is 85.5 Å². The highest BCUT2D eigenvalue weighted by atomic mass is 32.2. The molecule has 0 saturated carbocycles. The van der Waals surface area contributed by atoms with Crippen LogP contribution in [0.15, 0.2) is 23.2 Å². The van der Waals surface area contributed by atoms with Crippen molar-refractivity contribution in [1.82, 2.24) is 9.29 Å². The summed E-state index contributed by atoms with van der Waals surface area (Å²) in [5.41, 5.74) is 5.70. The summed E-state index contributed by atoms with van der Waals surface area (Å²) in [5.74, 6) is 0. The zero-order valence-electron chi connectivity index (χ0n) is 11.2. The monoisotopic (exact) mass is 315 g/mol. The van der Waals surface area contributed by atoms with Gasteiger partial charge in [0, 0.05) is 26.4 Å². The Morgan fingerprint density at radius 1 is 1.50 bits per heavy atom. The second-order valence-corrected chi connectivity index (χ2v) is 6.90. The number of piperidine rings is 1. The van der Waals surface area contributed by atoms with Crippen molar-refractivity contribution in [2.75, 3.05) is 20.2 Å². The van der Waals surface area contributed by atoms with Gasteiger partial charge < -0.3 is 10.5 Å². The fourth-order valence-electron chi connectivity index (χ4n) is 2.23. The van der Waals surface area contributed by atoms with E-state index in [4.69, 9.17) is 22.7 Å². The number of sulfonamides is 1. The normalized spacial score (nSPS) is 18.1. The Morgan fingerprint density at radius 3 is 2.70 bits per heavy atom. The minimum Gasteiger partial charge on any atom is -0.388 e. The molecule has 1 aromatic rings. The number of nitrogens with zero attached hydrogens (tertiary/aromatic N) is 2. The van der Waals surface area contributed by atoms with Crippen molar-refractivity contribution in [2.24, 2.45) is 5.73 Å². The van der Waals surface area contributed by atoms with Gasteiger partial charge in [0.1, 0.15) is 15.6 Å². The lowest BCUT2D eigenvalue weighted by Crippen LogP contribution is -2.41. The van der Waals surface area contributed by atoms with Gasteiger partial charge in [-0.2, -0.15) is 4.31 Å². The molecule has 0 aliphatic carbocycles. The van der Waals surface area contributed by atoms with E-state index in [0.29, 0.717) is 25.9 Å². The lowest BCUT2D eigenvalue weighted by atomic mass is 10.1. The van der Waals surface area contributed by atoms with Gasteiger partial charge in [0.05, 0.1) is 6.10 Å². The molecule has 0 amide bonds. The Kier molecular flexibility index (Phi) is 4.69. The predicted octanol–water partition coefficient (Wildman–Crippen LogP) is 0.515. The molecule has 6 nitrogen and oxygen atoms in total. The first-order valence-corrected chi connectivity index (χ1v) is 8.09. The summed E-state index contributed by atoms with van der Waals surface area (Å²) in [6, 6.07) is 3.05. The van der Waals surface area contributed by atoms with Crippen LogP contribution in [0.25, 0.3) is 0 Å². The number of pyridine rings is 1. The quantitative estimate of drug-likeness (QED) is 0.815. The maximum Gasteiger partial charge on any atom is 0.245 e. The van der Waals surface area contributed by atoms with Gasteiger partial charge in [-0.25, -0.2) is 8.42 Å². The summed E-state index contributed by atoms with van der Waals surface area (Å²) in [7, 11) is -1.98. The van der Waals surface area contributed by atoms with Crippen molar-refractivity contribution in [3.8, 4) is 0 Å². The molecule has 2 N–H and O–H groups in total. The van der Waals surface area contributed by atoms with Gasteiger partial charge in [-0.1, -0.05) is 12.2 Å². The summed E-state index contributed by atoms with van der Waals surface area (Å²) in [6.45, 7) is 0.846. The Morgan fingerprint density at radius 2 is 2.15 bits per heavy atom. The molecular formula is C12H17N3O3S2. The second kappa shape index (κ2) is 6.13. The van der Waals surface area contributed by atoms with Crippen LogP contribution in [0.5, 0.6) is 0 Å². The summed E-state index contributed by atoms with van der Waals surface area (Å²) < 4.78 is 32.0. The minimum absolute atomic E-state index is 0.0176. The largest absolute Gasteiger partial charge is 0.388 e. The van der Waals surface area contributed by atoms with Crippen molar-refractivity contribution >= 4 is 27.2 Å². The molecule has 0 atom stereocenters. The first-order valence-electron chi connectivity index (χ1n) is 6.24. The highest BCUT2D eigenvalue weighted by Gasteiger charge is 2.31. The van der Waals surface area contributed by atoms with Crippen LogP contribution in [0.2, 0.25) is 0 Å². The first-order chi connectivity index (χ1) is 9.46. The number of thiocarbonyl (C=S) groups is 1. The fraction of sp³-hybridized carbons (Fsp3) is 0.500. The maximum absolute atomic E-state index is 12.6. The van der Waals surface area contributed by atoms with E-state index < -0.39 is 10.0 Å². The van der Waals surface area contributed by atoms with Gasteiger partial charge in [-0.15, -0.1) is 0 Å². The van der Waals surface area contributed by atoms with Crippen LogP contribution in [-0.4, -0.2) is 49.0 Å². The van der Waals surface area contributed by atoms with Gasteiger partial charge in [-0.3, -0.25) is 4.98 Å². The molecule has 0 radical (unpaired) electrons. The molecule has 0 spiro atoms. The third kappa shape index (κ3) is 2.98. The molecule has 0 aromatic carbocycles. The van der Waals surface area contributed by atoms with Gasteiger partial charge in [0.15, 0.2) is 0 Å². The fourth-order valence-corrected chi connectivity index (χ4v) is 4.09. The van der Waals surface area contributed by atoms with Gasteiger partial charge in [0.2, 0.25) is 10.0 Å². The number of aromatic nitrogens is 1. The smallest absolute Gasteiger partial charge is 0.245 e. The average molecular weight is 315 g/mol. The molecule has 1 aromatic heterocycles. The number of hydrogen-bond acceptors (Lipinski definition) is 5. The van der Waals surface area contributed by atoms with E-state index in [1.54, 1.807) is 13.2 Å². The lowest BCUT2D eigenvalue weighted by Gasteiger charge is -2.30. The Bertz CT molecular complexity index is 596. The Labute approximate surface area is 124 Å². The zero-order valence-corrected chi connectivity index (χ0v) is 12.8. The van der Waals surface area contributed by atoms with E-state index >= 15 is 0 Å². The molecule has 8 heteroatoms. The van der Waals surface area contributed by atoms with Gasteiger partial charge in [-0.05, 0) is 25.0 Å². The number of ether oxygens (including phenoxy) is 1. The van der Waals surface area contributed by atoms with Crippen molar-refractivity contribution in [3.63, 3.8) is 0 Å². The third-order valence-corrected chi connectivity index (χ3v) is 5.48. The number of hydrogen-bond donors (Lipinski definition) is 1. The number of rotatable bonds is 4. The molecule has 1 aliphatic rings. The van der Waals surface area contributed by atoms with E-state index in [9.17, 15) is 8.42 Å². The van der Waals surface area contributed by atoms with Crippen LogP contribution < -0.4 is 5.73 Å². The number of nitrogens with two attached hydrogens (primary N) is 1. The van der Waals surface area contributed by atoms with Crippen LogP contribution in [0.3, 0.4) is 0 Å². The van der Waals surface area contributed by atoms with Crippen LogP contribution in [0.1, 0.15) is 18.5 Å². The molecule has 2 heterocycles. The highest BCUT2D eigenvalue weighted by molar-refractivity contribution is 7.89. The molecule has 20 heavy (non-hydrogen) atoms. The summed E-state index contributed by atoms with van der Waals surface area (Å²) >= 11 is 4.87. The average Bonchev–Trinajstić information content (AvgIpc) is 2.47. The molecule has 2 rings (SSSR count). The summed E-state index contributed by atoms with van der Waals surface area (Å²) in [6.07, 6.45) is 2.95.